The van der Waals surface area contributed by atoms with Crippen LogP contribution in [0.3, 0.4) is 0 Å². The Kier molecular flexibility index (Phi) is 3.80. The summed E-state index contributed by atoms with van der Waals surface area (Å²) in [6.07, 6.45) is -4.65. The number of primary amides is 1. The Morgan fingerprint density at radius 3 is 2.57 bits per heavy atom. The normalized spacial score (nSPS) is 19.0. The summed E-state index contributed by atoms with van der Waals surface area (Å²) in [6, 6.07) is 2.84. The van der Waals surface area contributed by atoms with Crippen LogP contribution >= 0.6 is 0 Å². The highest BCUT2D eigenvalue weighted by molar-refractivity contribution is 6.01. The van der Waals surface area contributed by atoms with Gasteiger partial charge in [0.1, 0.15) is 5.75 Å². The van der Waals surface area contributed by atoms with Gasteiger partial charge in [-0.3, -0.25) is 9.59 Å². The molecule has 1 aromatic rings. The van der Waals surface area contributed by atoms with Gasteiger partial charge in [-0.05, 0) is 18.2 Å². The summed E-state index contributed by atoms with van der Waals surface area (Å²) in [5.74, 6) is -1.70. The van der Waals surface area contributed by atoms with Crippen LogP contribution < -0.4 is 15.4 Å². The second kappa shape index (κ2) is 5.27. The van der Waals surface area contributed by atoms with Gasteiger partial charge in [0.05, 0.1) is 24.3 Å². The minimum atomic E-state index is -4.53. The molecule has 1 aliphatic heterocycles. The van der Waals surface area contributed by atoms with Gasteiger partial charge >= 0.3 is 6.18 Å². The number of amides is 2. The topological polar surface area (TPSA) is 72.6 Å². The Bertz CT molecular complexity index is 587. The lowest BCUT2D eigenvalue weighted by Gasteiger charge is -2.21. The number of ether oxygens (including phenoxy) is 1. The van der Waals surface area contributed by atoms with Crippen molar-refractivity contribution in [1.29, 1.82) is 0 Å². The van der Waals surface area contributed by atoms with E-state index in [4.69, 9.17) is 10.5 Å². The van der Waals surface area contributed by atoms with Crippen LogP contribution in [0.2, 0.25) is 0 Å². The van der Waals surface area contributed by atoms with Crippen molar-refractivity contribution in [2.75, 3.05) is 18.6 Å². The first-order chi connectivity index (χ1) is 9.74. The molecule has 2 N–H and O–H groups in total. The highest BCUT2D eigenvalue weighted by atomic mass is 19.4. The molecule has 114 valence electrons. The van der Waals surface area contributed by atoms with Gasteiger partial charge < -0.3 is 15.4 Å². The van der Waals surface area contributed by atoms with E-state index in [1.54, 1.807) is 0 Å². The van der Waals surface area contributed by atoms with Crippen LogP contribution in [0.15, 0.2) is 18.2 Å². The van der Waals surface area contributed by atoms with Gasteiger partial charge in [0.25, 0.3) is 0 Å². The molecule has 1 heterocycles. The number of alkyl halides is 3. The maximum Gasteiger partial charge on any atom is 0.416 e. The molecule has 21 heavy (non-hydrogen) atoms. The number of carbonyl (C=O) groups is 2. The molecule has 8 heteroatoms. The molecule has 0 radical (unpaired) electrons. The first-order valence-corrected chi connectivity index (χ1v) is 6.09. The molecule has 1 aromatic carbocycles. The van der Waals surface area contributed by atoms with E-state index in [1.165, 1.54) is 7.11 Å². The molecule has 0 saturated carbocycles. The molecule has 2 amide bonds. The molecule has 1 atom stereocenters. The van der Waals surface area contributed by atoms with Crippen molar-refractivity contribution in [1.82, 2.24) is 0 Å². The summed E-state index contributed by atoms with van der Waals surface area (Å²) in [4.78, 5) is 24.1. The molecule has 0 aliphatic carbocycles. The average Bonchev–Trinajstić information content (AvgIpc) is 2.79. The zero-order chi connectivity index (χ0) is 15.8. The van der Waals surface area contributed by atoms with Crippen molar-refractivity contribution in [3.05, 3.63) is 23.8 Å². The predicted molar refractivity (Wildman–Crippen MR) is 67.7 cm³/mol. The maximum atomic E-state index is 12.8. The van der Waals surface area contributed by atoms with Crippen molar-refractivity contribution in [2.45, 2.75) is 12.6 Å². The van der Waals surface area contributed by atoms with E-state index in [0.717, 1.165) is 23.1 Å². The summed E-state index contributed by atoms with van der Waals surface area (Å²) < 4.78 is 43.3. The van der Waals surface area contributed by atoms with Gasteiger partial charge in [0.2, 0.25) is 11.8 Å². The standard InChI is InChI=1S/C13H13F3N2O3/c1-21-10-3-2-8(13(14,15)16)5-9(10)18-6-7(12(17)20)4-11(18)19/h2-3,5,7H,4,6H2,1H3,(H2,17,20). The zero-order valence-electron chi connectivity index (χ0n) is 11.1. The first-order valence-electron chi connectivity index (χ1n) is 6.09. The summed E-state index contributed by atoms with van der Waals surface area (Å²) in [7, 11) is 1.29. The monoisotopic (exact) mass is 302 g/mol. The van der Waals surface area contributed by atoms with Crippen LogP contribution in [0.4, 0.5) is 18.9 Å². The number of halogens is 3. The Morgan fingerprint density at radius 1 is 1.43 bits per heavy atom. The third kappa shape index (κ3) is 2.93. The van der Waals surface area contributed by atoms with Crippen molar-refractivity contribution in [2.24, 2.45) is 11.7 Å². The van der Waals surface area contributed by atoms with E-state index in [2.05, 4.69) is 0 Å². The summed E-state index contributed by atoms with van der Waals surface area (Å²) in [5.41, 5.74) is 4.23. The van der Waals surface area contributed by atoms with Crippen molar-refractivity contribution >= 4 is 17.5 Å². The third-order valence-electron chi connectivity index (χ3n) is 3.32. The number of hydrogen-bond donors (Lipinski definition) is 1. The Hall–Kier alpha value is -2.25. The molecular weight excluding hydrogens is 289 g/mol. The largest absolute Gasteiger partial charge is 0.495 e. The van der Waals surface area contributed by atoms with E-state index in [1.807, 2.05) is 0 Å². The first kappa shape index (κ1) is 15.1. The molecule has 1 saturated heterocycles. The molecule has 0 aromatic heterocycles. The average molecular weight is 302 g/mol. The SMILES string of the molecule is COc1ccc(C(F)(F)F)cc1N1CC(C(N)=O)CC1=O. The van der Waals surface area contributed by atoms with Crippen LogP contribution in [0.5, 0.6) is 5.75 Å². The van der Waals surface area contributed by atoms with Crippen LogP contribution in [0.25, 0.3) is 0 Å². The molecule has 2 rings (SSSR count). The number of nitrogens with zero attached hydrogens (tertiary/aromatic N) is 1. The van der Waals surface area contributed by atoms with E-state index in [-0.39, 0.29) is 24.4 Å². The van der Waals surface area contributed by atoms with E-state index >= 15 is 0 Å². The molecule has 1 aliphatic rings. The van der Waals surface area contributed by atoms with Crippen LogP contribution in [-0.2, 0) is 15.8 Å². The highest BCUT2D eigenvalue weighted by Crippen LogP contribution is 2.38. The Balaban J connectivity index is 2.42. The van der Waals surface area contributed by atoms with Gasteiger partial charge in [0.15, 0.2) is 0 Å². The summed E-state index contributed by atoms with van der Waals surface area (Å²) >= 11 is 0. The number of nitrogens with two attached hydrogens (primary N) is 1. The lowest BCUT2D eigenvalue weighted by atomic mass is 10.1. The Morgan fingerprint density at radius 2 is 2.10 bits per heavy atom. The number of rotatable bonds is 3. The van der Waals surface area contributed by atoms with Gasteiger partial charge in [-0.25, -0.2) is 0 Å². The fourth-order valence-electron chi connectivity index (χ4n) is 2.21. The number of anilines is 1. The fourth-order valence-corrected chi connectivity index (χ4v) is 2.21. The second-order valence-electron chi connectivity index (χ2n) is 4.69. The van der Waals surface area contributed by atoms with Crippen molar-refractivity contribution in [3.63, 3.8) is 0 Å². The highest BCUT2D eigenvalue weighted by Gasteiger charge is 2.37. The fraction of sp³-hybridized carbons (Fsp3) is 0.385. The van der Waals surface area contributed by atoms with Gasteiger partial charge in [-0.15, -0.1) is 0 Å². The van der Waals surface area contributed by atoms with Crippen molar-refractivity contribution < 1.29 is 27.5 Å². The minimum Gasteiger partial charge on any atom is -0.495 e. The van der Waals surface area contributed by atoms with Gasteiger partial charge in [0, 0.05) is 13.0 Å². The number of carbonyl (C=O) groups excluding carboxylic acids is 2. The zero-order valence-corrected chi connectivity index (χ0v) is 11.1. The molecular formula is C13H13F3N2O3. The quantitative estimate of drug-likeness (QED) is 0.920. The van der Waals surface area contributed by atoms with Gasteiger partial charge in [-0.1, -0.05) is 0 Å². The van der Waals surface area contributed by atoms with E-state index < -0.39 is 29.5 Å². The third-order valence-corrected chi connectivity index (χ3v) is 3.32. The minimum absolute atomic E-state index is 0.0129. The molecule has 1 unspecified atom stereocenters. The number of methoxy groups -OCH3 is 1. The number of benzene rings is 1. The second-order valence-corrected chi connectivity index (χ2v) is 4.69. The van der Waals surface area contributed by atoms with E-state index in [9.17, 15) is 22.8 Å². The van der Waals surface area contributed by atoms with Crippen LogP contribution in [0.1, 0.15) is 12.0 Å². The lowest BCUT2D eigenvalue weighted by molar-refractivity contribution is -0.137. The lowest BCUT2D eigenvalue weighted by Crippen LogP contribution is -2.29. The molecule has 5 nitrogen and oxygen atoms in total. The molecule has 1 fully saturated rings. The Labute approximate surface area is 118 Å². The summed E-state index contributed by atoms with van der Waals surface area (Å²) in [5, 5.41) is 0. The van der Waals surface area contributed by atoms with Crippen LogP contribution in [-0.4, -0.2) is 25.5 Å². The van der Waals surface area contributed by atoms with Crippen LogP contribution in [0, 0.1) is 5.92 Å². The smallest absolute Gasteiger partial charge is 0.416 e. The van der Waals surface area contributed by atoms with Gasteiger partial charge in [-0.2, -0.15) is 13.2 Å². The maximum absolute atomic E-state index is 12.8. The molecule has 0 bridgehead atoms. The summed E-state index contributed by atoms with van der Waals surface area (Å²) in [6.45, 7) is -0.0498. The predicted octanol–water partition coefficient (Wildman–Crippen LogP) is 1.55. The van der Waals surface area contributed by atoms with Crippen molar-refractivity contribution in [3.8, 4) is 5.75 Å². The molecule has 0 spiro atoms. The number of hydrogen-bond acceptors (Lipinski definition) is 3. The van der Waals surface area contributed by atoms with E-state index in [0.29, 0.717) is 0 Å².